The van der Waals surface area contributed by atoms with E-state index in [0.29, 0.717) is 0 Å². The average molecular weight is 367 g/mol. The Morgan fingerprint density at radius 3 is 2.69 bits per heavy atom. The van der Waals surface area contributed by atoms with Gasteiger partial charge >= 0.3 is 0 Å². The Morgan fingerprint density at radius 1 is 1.19 bits per heavy atom. The molecule has 0 unspecified atom stereocenters. The maximum Gasteiger partial charge on any atom is 0.166 e. The van der Waals surface area contributed by atoms with Crippen molar-refractivity contribution in [3.05, 3.63) is 47.0 Å². The number of carbonyl (C=O) groups is 1. The Hall–Kier alpha value is -2.53. The molecule has 0 amide bonds. The molecule has 0 spiro atoms. The van der Waals surface area contributed by atoms with Crippen LogP contribution in [0.4, 0.5) is 0 Å². The van der Waals surface area contributed by atoms with Crippen LogP contribution in [0.3, 0.4) is 0 Å². The number of nitrogens with zero attached hydrogens (tertiary/aromatic N) is 1. The van der Waals surface area contributed by atoms with E-state index < -0.39 is 0 Å². The second kappa shape index (κ2) is 6.65. The van der Waals surface area contributed by atoms with Gasteiger partial charge in [-0.25, -0.2) is 0 Å². The molecule has 1 aromatic carbocycles. The van der Waals surface area contributed by atoms with E-state index in [1.54, 1.807) is 18.4 Å². The Labute approximate surface area is 157 Å². The summed E-state index contributed by atoms with van der Waals surface area (Å²) in [5.41, 5.74) is 5.25. The molecule has 0 radical (unpaired) electrons. The number of fused-ring (bicyclic) bond motifs is 3. The van der Waals surface area contributed by atoms with Crippen molar-refractivity contribution in [1.82, 2.24) is 4.57 Å². The summed E-state index contributed by atoms with van der Waals surface area (Å²) < 4.78 is 13.6. The summed E-state index contributed by atoms with van der Waals surface area (Å²) in [5.74, 6) is 1.49. The largest absolute Gasteiger partial charge is 0.493 e. The molecule has 0 fully saturated rings. The van der Waals surface area contributed by atoms with Gasteiger partial charge in [0.2, 0.25) is 0 Å². The number of thiophene rings is 1. The van der Waals surface area contributed by atoms with Gasteiger partial charge in [0.25, 0.3) is 0 Å². The van der Waals surface area contributed by atoms with Crippen molar-refractivity contribution in [2.75, 3.05) is 7.11 Å². The summed E-state index contributed by atoms with van der Waals surface area (Å²) in [6.07, 6.45) is 1.86. The van der Waals surface area contributed by atoms with Gasteiger partial charge in [0.15, 0.2) is 17.8 Å². The standard InChI is InChI=1S/C21H21NO3S/c1-13(2)25-19-11-16-14(9-18(19)24-3)6-7-22-15(12-23)10-17(21(16)22)20-5-4-8-26-20/h4-5,8-13H,6-7H2,1-3H3. The summed E-state index contributed by atoms with van der Waals surface area (Å²) in [7, 11) is 1.67. The molecule has 1 aliphatic heterocycles. The number of hydrogen-bond donors (Lipinski definition) is 0. The van der Waals surface area contributed by atoms with Crippen LogP contribution in [-0.2, 0) is 13.0 Å². The second-order valence-electron chi connectivity index (χ2n) is 6.66. The molecule has 0 bridgehead atoms. The Kier molecular flexibility index (Phi) is 4.32. The zero-order valence-electron chi connectivity index (χ0n) is 15.1. The van der Waals surface area contributed by atoms with E-state index in [2.05, 4.69) is 28.1 Å². The van der Waals surface area contributed by atoms with Crippen molar-refractivity contribution < 1.29 is 14.3 Å². The van der Waals surface area contributed by atoms with Crippen LogP contribution in [0.1, 0.15) is 29.9 Å². The first-order chi connectivity index (χ1) is 12.6. The summed E-state index contributed by atoms with van der Waals surface area (Å²) in [6, 6.07) is 10.3. The monoisotopic (exact) mass is 367 g/mol. The van der Waals surface area contributed by atoms with Crippen molar-refractivity contribution in [1.29, 1.82) is 0 Å². The third kappa shape index (κ3) is 2.72. The second-order valence-corrected chi connectivity index (χ2v) is 7.60. The molecule has 4 rings (SSSR count). The van der Waals surface area contributed by atoms with E-state index in [-0.39, 0.29) is 6.10 Å². The first kappa shape index (κ1) is 16.9. The maximum atomic E-state index is 11.6. The summed E-state index contributed by atoms with van der Waals surface area (Å²) >= 11 is 1.68. The van der Waals surface area contributed by atoms with E-state index >= 15 is 0 Å². The van der Waals surface area contributed by atoms with Crippen LogP contribution in [0.5, 0.6) is 11.5 Å². The highest BCUT2D eigenvalue weighted by molar-refractivity contribution is 7.13. The number of benzene rings is 1. The van der Waals surface area contributed by atoms with Gasteiger partial charge in [0, 0.05) is 22.5 Å². The summed E-state index contributed by atoms with van der Waals surface area (Å²) in [6.45, 7) is 4.79. The van der Waals surface area contributed by atoms with Crippen LogP contribution in [0.25, 0.3) is 21.7 Å². The fourth-order valence-electron chi connectivity index (χ4n) is 3.58. The first-order valence-electron chi connectivity index (χ1n) is 8.73. The van der Waals surface area contributed by atoms with Gasteiger partial charge in [-0.15, -0.1) is 11.3 Å². The van der Waals surface area contributed by atoms with E-state index in [4.69, 9.17) is 9.47 Å². The molecule has 0 N–H and O–H groups in total. The quantitative estimate of drug-likeness (QED) is 0.593. The van der Waals surface area contributed by atoms with Crippen LogP contribution in [0.15, 0.2) is 35.7 Å². The van der Waals surface area contributed by atoms with Crippen LogP contribution in [-0.4, -0.2) is 24.1 Å². The minimum absolute atomic E-state index is 0.0552. The third-order valence-corrected chi connectivity index (χ3v) is 5.55. The Morgan fingerprint density at radius 2 is 2.04 bits per heavy atom. The van der Waals surface area contributed by atoms with Crippen molar-refractivity contribution in [3.63, 3.8) is 0 Å². The van der Waals surface area contributed by atoms with E-state index in [1.807, 2.05) is 26.0 Å². The van der Waals surface area contributed by atoms with Gasteiger partial charge in [0.1, 0.15) is 0 Å². The molecule has 26 heavy (non-hydrogen) atoms. The molecule has 3 heterocycles. The molecule has 1 aliphatic rings. The van der Waals surface area contributed by atoms with E-state index in [1.165, 1.54) is 5.56 Å². The highest BCUT2D eigenvalue weighted by Crippen LogP contribution is 2.44. The zero-order chi connectivity index (χ0) is 18.3. The number of ether oxygens (including phenoxy) is 2. The molecule has 0 saturated heterocycles. The lowest BCUT2D eigenvalue weighted by atomic mass is 9.95. The van der Waals surface area contributed by atoms with Crippen molar-refractivity contribution >= 4 is 17.6 Å². The predicted molar refractivity (Wildman–Crippen MR) is 105 cm³/mol. The van der Waals surface area contributed by atoms with Gasteiger partial charge in [-0.1, -0.05) is 6.07 Å². The molecule has 134 valence electrons. The molecule has 4 nitrogen and oxygen atoms in total. The lowest BCUT2D eigenvalue weighted by Crippen LogP contribution is -2.14. The van der Waals surface area contributed by atoms with Crippen LogP contribution < -0.4 is 9.47 Å². The number of hydrogen-bond acceptors (Lipinski definition) is 4. The van der Waals surface area contributed by atoms with Crippen molar-refractivity contribution in [3.8, 4) is 33.2 Å². The number of methoxy groups -OCH3 is 1. The lowest BCUT2D eigenvalue weighted by molar-refractivity contribution is 0.111. The Balaban J connectivity index is 1.96. The molecule has 2 aromatic heterocycles. The predicted octanol–water partition coefficient (Wildman–Crippen LogP) is 5.05. The minimum Gasteiger partial charge on any atom is -0.493 e. The maximum absolute atomic E-state index is 11.6. The molecule has 0 atom stereocenters. The van der Waals surface area contributed by atoms with E-state index in [0.717, 1.165) is 58.1 Å². The number of carbonyl (C=O) groups excluding carboxylic acids is 1. The van der Waals surface area contributed by atoms with Gasteiger partial charge in [-0.2, -0.15) is 0 Å². The molecule has 0 aliphatic carbocycles. The van der Waals surface area contributed by atoms with E-state index in [9.17, 15) is 4.79 Å². The van der Waals surface area contributed by atoms with Crippen LogP contribution >= 0.6 is 11.3 Å². The summed E-state index contributed by atoms with van der Waals surface area (Å²) in [5, 5.41) is 2.06. The number of aldehydes is 1. The average Bonchev–Trinajstić information content (AvgIpc) is 3.27. The summed E-state index contributed by atoms with van der Waals surface area (Å²) in [4.78, 5) is 12.8. The first-order valence-corrected chi connectivity index (χ1v) is 9.61. The van der Waals surface area contributed by atoms with Crippen molar-refractivity contribution in [2.24, 2.45) is 0 Å². The smallest absolute Gasteiger partial charge is 0.166 e. The molecular formula is C21H21NO3S. The van der Waals surface area contributed by atoms with Crippen molar-refractivity contribution in [2.45, 2.75) is 32.9 Å². The fourth-order valence-corrected chi connectivity index (χ4v) is 4.33. The molecular weight excluding hydrogens is 346 g/mol. The highest BCUT2D eigenvalue weighted by atomic mass is 32.1. The van der Waals surface area contributed by atoms with Gasteiger partial charge in [-0.3, -0.25) is 4.79 Å². The SMILES string of the molecule is COc1cc2c(cc1OC(C)C)-c1c(-c3cccs3)cc(C=O)n1CC2. The van der Waals surface area contributed by atoms with Gasteiger partial charge < -0.3 is 14.0 Å². The zero-order valence-corrected chi connectivity index (χ0v) is 15.9. The topological polar surface area (TPSA) is 40.5 Å². The minimum atomic E-state index is 0.0552. The molecule has 3 aromatic rings. The third-order valence-electron chi connectivity index (χ3n) is 4.65. The number of aryl methyl sites for hydroxylation is 1. The van der Waals surface area contributed by atoms with Crippen LogP contribution in [0, 0.1) is 0 Å². The van der Waals surface area contributed by atoms with Crippen LogP contribution in [0.2, 0.25) is 0 Å². The number of aromatic nitrogens is 1. The molecule has 0 saturated carbocycles. The van der Waals surface area contributed by atoms with Gasteiger partial charge in [-0.05, 0) is 55.5 Å². The highest BCUT2D eigenvalue weighted by Gasteiger charge is 2.26. The normalized spacial score (nSPS) is 12.6. The van der Waals surface area contributed by atoms with Gasteiger partial charge in [0.05, 0.1) is 24.6 Å². The Bertz CT molecular complexity index is 954. The fraction of sp³-hybridized carbons (Fsp3) is 0.286. The lowest BCUT2D eigenvalue weighted by Gasteiger charge is -2.24. The molecule has 5 heteroatoms. The number of rotatable bonds is 5.